The van der Waals surface area contributed by atoms with Crippen LogP contribution in [0.25, 0.3) is 0 Å². The summed E-state index contributed by atoms with van der Waals surface area (Å²) in [7, 11) is 0. The molecule has 6 nitrogen and oxygen atoms in total. The number of hydrogen-bond donors (Lipinski definition) is 2. The van der Waals surface area contributed by atoms with Crippen molar-refractivity contribution in [3.8, 4) is 0 Å². The first-order valence-electron chi connectivity index (χ1n) is 12.0. The molecule has 2 N–H and O–H groups in total. The molecule has 2 atom stereocenters. The fraction of sp³-hybridized carbons (Fsp3) is 0.600. The highest BCUT2D eigenvalue weighted by atomic mass is 19.1. The number of halogens is 1. The van der Waals surface area contributed by atoms with Gasteiger partial charge in [0.05, 0.1) is 24.4 Å². The molecule has 1 saturated carbocycles. The van der Waals surface area contributed by atoms with Gasteiger partial charge in [-0.2, -0.15) is 5.10 Å². The molecule has 174 valence electrons. The maximum atomic E-state index is 13.6. The predicted octanol–water partition coefficient (Wildman–Crippen LogP) is 4.88. The average Bonchev–Trinajstić information content (AvgIpc) is 3.23. The zero-order chi connectivity index (χ0) is 22.5. The third-order valence-electron chi connectivity index (χ3n) is 7.09. The minimum atomic E-state index is -0.164. The van der Waals surface area contributed by atoms with Crippen LogP contribution in [0.5, 0.6) is 0 Å². The Morgan fingerprint density at radius 1 is 1.28 bits per heavy atom. The number of aromatic amines is 1. The molecule has 2 fully saturated rings. The van der Waals surface area contributed by atoms with Gasteiger partial charge in [-0.05, 0) is 81.5 Å². The first kappa shape index (κ1) is 22.8. The number of carbonyl (C=O) groups is 1. The van der Waals surface area contributed by atoms with Gasteiger partial charge in [-0.3, -0.25) is 5.10 Å². The topological polar surface area (TPSA) is 70.2 Å². The van der Waals surface area contributed by atoms with E-state index in [0.717, 1.165) is 61.9 Å². The van der Waals surface area contributed by atoms with Crippen molar-refractivity contribution in [2.24, 2.45) is 0 Å². The first-order valence-corrected chi connectivity index (χ1v) is 12.0. The number of nitrogens with one attached hydrogen (secondary N) is 2. The summed E-state index contributed by atoms with van der Waals surface area (Å²) in [4.78, 5) is 14.7. The van der Waals surface area contributed by atoms with E-state index >= 15 is 0 Å². The lowest BCUT2D eigenvalue weighted by Gasteiger charge is -2.41. The molecule has 2 aromatic rings. The highest BCUT2D eigenvalue weighted by molar-refractivity contribution is 5.74. The average molecular weight is 443 g/mol. The number of amides is 2. The maximum absolute atomic E-state index is 13.6. The van der Waals surface area contributed by atoms with Gasteiger partial charge >= 0.3 is 6.03 Å². The minimum absolute atomic E-state index is 0.0196. The summed E-state index contributed by atoms with van der Waals surface area (Å²) < 4.78 is 20.0. The van der Waals surface area contributed by atoms with Crippen molar-refractivity contribution in [3.05, 3.63) is 53.1 Å². The molecule has 2 unspecified atom stereocenters. The number of urea groups is 1. The van der Waals surface area contributed by atoms with Crippen LogP contribution in [0.15, 0.2) is 30.5 Å². The number of rotatable bonds is 6. The van der Waals surface area contributed by atoms with E-state index in [0.29, 0.717) is 19.1 Å². The first-order chi connectivity index (χ1) is 15.6. The molecule has 2 heterocycles. The number of carbonyl (C=O) groups excluding carboxylic acids is 1. The number of ether oxygens (including phenoxy) is 1. The fourth-order valence-electron chi connectivity index (χ4n) is 5.38. The Morgan fingerprint density at radius 2 is 2.09 bits per heavy atom. The summed E-state index contributed by atoms with van der Waals surface area (Å²) in [5, 5.41) is 10.4. The van der Waals surface area contributed by atoms with Gasteiger partial charge in [-0.25, -0.2) is 9.18 Å². The van der Waals surface area contributed by atoms with E-state index in [2.05, 4.69) is 22.4 Å². The minimum Gasteiger partial charge on any atom is -0.376 e. The van der Waals surface area contributed by atoms with Crippen LogP contribution < -0.4 is 5.32 Å². The van der Waals surface area contributed by atoms with Crippen LogP contribution in [0.2, 0.25) is 0 Å². The van der Waals surface area contributed by atoms with E-state index < -0.39 is 0 Å². The summed E-state index contributed by atoms with van der Waals surface area (Å²) in [6.07, 6.45) is 7.99. The van der Waals surface area contributed by atoms with Crippen molar-refractivity contribution in [3.63, 3.8) is 0 Å². The Bertz CT molecular complexity index is 894. The standard InChI is InChI=1S/C25H35FN4O2/c1-3-27-25(31)30-13-5-8-22(24-17(2)15-28-29-24)23(30)16-32-21-11-9-18(10-12-21)19-6-4-7-20(26)14-19/h4,6-7,14-15,18,21-23H,3,5,8-13,16H2,1-2H3,(H,27,31)(H,28,29). The summed E-state index contributed by atoms with van der Waals surface area (Å²) in [6.45, 7) is 5.88. The molecule has 32 heavy (non-hydrogen) atoms. The quantitative estimate of drug-likeness (QED) is 0.670. The molecule has 4 rings (SSSR count). The lowest BCUT2D eigenvalue weighted by Crippen LogP contribution is -2.53. The lowest BCUT2D eigenvalue weighted by atomic mass is 9.82. The van der Waals surface area contributed by atoms with E-state index in [4.69, 9.17) is 4.74 Å². The largest absolute Gasteiger partial charge is 0.376 e. The van der Waals surface area contributed by atoms with Crippen molar-refractivity contribution in [1.29, 1.82) is 0 Å². The number of piperidine rings is 1. The van der Waals surface area contributed by atoms with Crippen molar-refractivity contribution in [2.75, 3.05) is 19.7 Å². The fourth-order valence-corrected chi connectivity index (χ4v) is 5.38. The van der Waals surface area contributed by atoms with Gasteiger partial charge in [0.1, 0.15) is 5.82 Å². The molecule has 1 aromatic heterocycles. The third-order valence-corrected chi connectivity index (χ3v) is 7.09. The van der Waals surface area contributed by atoms with Gasteiger partial charge in [0, 0.05) is 25.2 Å². The van der Waals surface area contributed by atoms with Gasteiger partial charge in [-0.15, -0.1) is 0 Å². The second-order valence-corrected chi connectivity index (χ2v) is 9.16. The Hall–Kier alpha value is -2.41. The monoisotopic (exact) mass is 442 g/mol. The van der Waals surface area contributed by atoms with Gasteiger partial charge in [0.2, 0.25) is 0 Å². The van der Waals surface area contributed by atoms with E-state index in [1.54, 1.807) is 12.1 Å². The number of H-pyrrole nitrogens is 1. The number of nitrogens with zero attached hydrogens (tertiary/aromatic N) is 2. The van der Waals surface area contributed by atoms with Gasteiger partial charge < -0.3 is 15.0 Å². The van der Waals surface area contributed by atoms with E-state index in [9.17, 15) is 9.18 Å². The van der Waals surface area contributed by atoms with Crippen molar-refractivity contribution < 1.29 is 13.9 Å². The SMILES string of the molecule is CCNC(=O)N1CCCC(c2n[nH]cc2C)C1COC1CCC(c2cccc(F)c2)CC1. The van der Waals surface area contributed by atoms with Crippen LogP contribution in [-0.2, 0) is 4.74 Å². The molecule has 1 aliphatic carbocycles. The highest BCUT2D eigenvalue weighted by Gasteiger charge is 2.38. The second-order valence-electron chi connectivity index (χ2n) is 9.16. The zero-order valence-corrected chi connectivity index (χ0v) is 19.1. The highest BCUT2D eigenvalue weighted by Crippen LogP contribution is 2.37. The van der Waals surface area contributed by atoms with Crippen molar-refractivity contribution >= 4 is 6.03 Å². The van der Waals surface area contributed by atoms with Crippen LogP contribution in [0.1, 0.15) is 74.1 Å². The number of aromatic nitrogens is 2. The molecule has 2 amide bonds. The summed E-state index contributed by atoms with van der Waals surface area (Å²) >= 11 is 0. The summed E-state index contributed by atoms with van der Waals surface area (Å²) in [5.41, 5.74) is 3.27. The van der Waals surface area contributed by atoms with E-state index in [1.807, 2.05) is 24.1 Å². The predicted molar refractivity (Wildman–Crippen MR) is 122 cm³/mol. The number of likely N-dealkylation sites (tertiary alicyclic amines) is 1. The van der Waals surface area contributed by atoms with Crippen LogP contribution in [0.3, 0.4) is 0 Å². The number of benzene rings is 1. The van der Waals surface area contributed by atoms with Gasteiger partial charge in [0.15, 0.2) is 0 Å². The van der Waals surface area contributed by atoms with Crippen LogP contribution >= 0.6 is 0 Å². The Balaban J connectivity index is 1.40. The lowest BCUT2D eigenvalue weighted by molar-refractivity contribution is -0.0171. The van der Waals surface area contributed by atoms with Crippen molar-refractivity contribution in [2.45, 2.75) is 76.4 Å². The third kappa shape index (κ3) is 5.14. The molecule has 0 spiro atoms. The number of hydrogen-bond acceptors (Lipinski definition) is 3. The van der Waals surface area contributed by atoms with Crippen LogP contribution in [0, 0.1) is 12.7 Å². The smallest absolute Gasteiger partial charge is 0.317 e. The van der Waals surface area contributed by atoms with Gasteiger partial charge in [-0.1, -0.05) is 12.1 Å². The molecule has 0 bridgehead atoms. The van der Waals surface area contributed by atoms with Crippen LogP contribution in [0.4, 0.5) is 9.18 Å². The summed E-state index contributed by atoms with van der Waals surface area (Å²) in [5.74, 6) is 0.399. The molecular weight excluding hydrogens is 407 g/mol. The normalized spacial score (nSPS) is 26.2. The summed E-state index contributed by atoms with van der Waals surface area (Å²) in [6, 6.07) is 6.93. The molecule has 1 saturated heterocycles. The molecule has 2 aliphatic rings. The van der Waals surface area contributed by atoms with E-state index in [-0.39, 0.29) is 29.9 Å². The van der Waals surface area contributed by atoms with Crippen molar-refractivity contribution in [1.82, 2.24) is 20.4 Å². The van der Waals surface area contributed by atoms with E-state index in [1.165, 1.54) is 6.07 Å². The maximum Gasteiger partial charge on any atom is 0.317 e. The molecule has 1 aromatic carbocycles. The molecule has 1 aliphatic heterocycles. The Labute approximate surface area is 189 Å². The second kappa shape index (κ2) is 10.5. The Morgan fingerprint density at radius 3 is 2.78 bits per heavy atom. The molecule has 7 heteroatoms. The molecule has 0 radical (unpaired) electrons. The molecular formula is C25H35FN4O2. The van der Waals surface area contributed by atoms with Crippen LogP contribution in [-0.4, -0.2) is 53.0 Å². The van der Waals surface area contributed by atoms with Gasteiger partial charge in [0.25, 0.3) is 0 Å². The Kier molecular flexibility index (Phi) is 7.45. The zero-order valence-electron chi connectivity index (χ0n) is 19.1. The number of aryl methyl sites for hydroxylation is 1.